The zero-order chi connectivity index (χ0) is 12.6. The number of nitrogens with one attached hydrogen (secondary N) is 1. The van der Waals surface area contributed by atoms with Crippen LogP contribution in [0.3, 0.4) is 0 Å². The van der Waals surface area contributed by atoms with Gasteiger partial charge in [0.2, 0.25) is 0 Å². The van der Waals surface area contributed by atoms with E-state index in [1.165, 1.54) is 38.6 Å². The molecule has 3 heteroatoms. The van der Waals surface area contributed by atoms with Crippen molar-refractivity contribution >= 4 is 0 Å². The van der Waals surface area contributed by atoms with Crippen molar-refractivity contribution in [3.8, 4) is 0 Å². The minimum absolute atomic E-state index is 0.745. The molecule has 0 aromatic heterocycles. The Hall–Kier alpha value is -0.120. The third kappa shape index (κ3) is 15.9. The summed E-state index contributed by atoms with van der Waals surface area (Å²) in [5, 5.41) is 3.42. The van der Waals surface area contributed by atoms with Gasteiger partial charge in [0.05, 0.1) is 13.2 Å². The second-order valence-electron chi connectivity index (χ2n) is 4.39. The SMILES string of the molecule is CCCNCCCCCCOCCOCCC. The Labute approximate surface area is 107 Å². The molecule has 1 N–H and O–H groups in total. The molecule has 0 aromatic rings. The maximum absolute atomic E-state index is 5.48. The number of unbranched alkanes of at least 4 members (excludes halogenated alkanes) is 3. The second-order valence-corrected chi connectivity index (χ2v) is 4.39. The standard InChI is InChI=1S/C14H31NO2/c1-3-9-15-10-7-5-6-8-12-17-14-13-16-11-4-2/h15H,3-14H2,1-2H3. The molecule has 0 aromatic carbocycles. The van der Waals surface area contributed by atoms with Gasteiger partial charge in [-0.25, -0.2) is 0 Å². The summed E-state index contributed by atoms with van der Waals surface area (Å²) in [6.07, 6.45) is 7.39. The fraction of sp³-hybridized carbons (Fsp3) is 1.00. The van der Waals surface area contributed by atoms with Crippen molar-refractivity contribution in [3.05, 3.63) is 0 Å². The number of hydrogen-bond acceptors (Lipinski definition) is 3. The summed E-state index contributed by atoms with van der Waals surface area (Å²) in [4.78, 5) is 0. The van der Waals surface area contributed by atoms with E-state index in [2.05, 4.69) is 19.2 Å². The Balaban J connectivity index is 2.85. The van der Waals surface area contributed by atoms with E-state index < -0.39 is 0 Å². The highest BCUT2D eigenvalue weighted by atomic mass is 16.5. The van der Waals surface area contributed by atoms with Crippen LogP contribution in [-0.2, 0) is 9.47 Å². The van der Waals surface area contributed by atoms with Gasteiger partial charge < -0.3 is 14.8 Å². The van der Waals surface area contributed by atoms with Crippen LogP contribution in [0.4, 0.5) is 0 Å². The average Bonchev–Trinajstić information content (AvgIpc) is 2.35. The van der Waals surface area contributed by atoms with Crippen LogP contribution in [-0.4, -0.2) is 39.5 Å². The molecule has 0 amide bonds. The summed E-state index contributed by atoms with van der Waals surface area (Å²) in [5.41, 5.74) is 0. The number of rotatable bonds is 14. The normalized spacial score (nSPS) is 10.9. The minimum Gasteiger partial charge on any atom is -0.379 e. The first-order valence-corrected chi connectivity index (χ1v) is 7.28. The topological polar surface area (TPSA) is 30.5 Å². The van der Waals surface area contributed by atoms with Crippen molar-refractivity contribution < 1.29 is 9.47 Å². The van der Waals surface area contributed by atoms with Gasteiger partial charge in [0.15, 0.2) is 0 Å². The van der Waals surface area contributed by atoms with Gasteiger partial charge in [0.25, 0.3) is 0 Å². The Kier molecular flexibility index (Phi) is 15.8. The second kappa shape index (κ2) is 15.9. The van der Waals surface area contributed by atoms with Crippen LogP contribution in [0.25, 0.3) is 0 Å². The predicted molar refractivity (Wildman–Crippen MR) is 73.6 cm³/mol. The quantitative estimate of drug-likeness (QED) is 0.477. The van der Waals surface area contributed by atoms with Crippen molar-refractivity contribution in [2.75, 3.05) is 39.5 Å². The Morgan fingerprint density at radius 1 is 0.647 bits per heavy atom. The molecule has 0 unspecified atom stereocenters. The van der Waals surface area contributed by atoms with Crippen LogP contribution in [0.1, 0.15) is 52.4 Å². The Bertz CT molecular complexity index is 117. The molecule has 0 saturated carbocycles. The monoisotopic (exact) mass is 245 g/mol. The average molecular weight is 245 g/mol. The minimum atomic E-state index is 0.745. The fourth-order valence-corrected chi connectivity index (χ4v) is 1.58. The van der Waals surface area contributed by atoms with E-state index in [1.54, 1.807) is 0 Å². The molecule has 0 heterocycles. The third-order valence-electron chi connectivity index (χ3n) is 2.54. The van der Waals surface area contributed by atoms with Gasteiger partial charge in [-0.1, -0.05) is 26.7 Å². The van der Waals surface area contributed by atoms with Crippen molar-refractivity contribution in [2.24, 2.45) is 0 Å². The van der Waals surface area contributed by atoms with E-state index in [9.17, 15) is 0 Å². The van der Waals surface area contributed by atoms with Gasteiger partial charge in [0.1, 0.15) is 0 Å². The molecule has 3 nitrogen and oxygen atoms in total. The zero-order valence-electron chi connectivity index (χ0n) is 11.8. The Morgan fingerprint density at radius 2 is 1.35 bits per heavy atom. The smallest absolute Gasteiger partial charge is 0.0700 e. The molecule has 0 spiro atoms. The van der Waals surface area contributed by atoms with E-state index in [0.717, 1.165) is 39.4 Å². The lowest BCUT2D eigenvalue weighted by Crippen LogP contribution is -2.15. The molecule has 0 atom stereocenters. The summed E-state index contributed by atoms with van der Waals surface area (Å²) in [5.74, 6) is 0. The van der Waals surface area contributed by atoms with E-state index in [0.29, 0.717) is 0 Å². The summed E-state index contributed by atoms with van der Waals surface area (Å²) < 4.78 is 10.8. The van der Waals surface area contributed by atoms with Gasteiger partial charge in [0, 0.05) is 13.2 Å². The molecule has 0 saturated heterocycles. The molecule has 0 aliphatic carbocycles. The van der Waals surface area contributed by atoms with Crippen molar-refractivity contribution in [1.82, 2.24) is 5.32 Å². The van der Waals surface area contributed by atoms with Gasteiger partial charge in [-0.15, -0.1) is 0 Å². The van der Waals surface area contributed by atoms with Crippen molar-refractivity contribution in [2.45, 2.75) is 52.4 Å². The van der Waals surface area contributed by atoms with E-state index in [4.69, 9.17) is 9.47 Å². The third-order valence-corrected chi connectivity index (χ3v) is 2.54. The molecule has 104 valence electrons. The first-order chi connectivity index (χ1) is 8.41. The predicted octanol–water partition coefficient (Wildman–Crippen LogP) is 2.99. The highest BCUT2D eigenvalue weighted by Gasteiger charge is 1.92. The maximum atomic E-state index is 5.48. The molecule has 0 fully saturated rings. The molecular formula is C14H31NO2. The fourth-order valence-electron chi connectivity index (χ4n) is 1.58. The van der Waals surface area contributed by atoms with E-state index in [1.807, 2.05) is 0 Å². The van der Waals surface area contributed by atoms with Crippen LogP contribution >= 0.6 is 0 Å². The van der Waals surface area contributed by atoms with Crippen LogP contribution in [0.2, 0.25) is 0 Å². The largest absolute Gasteiger partial charge is 0.379 e. The molecule has 0 aliphatic heterocycles. The van der Waals surface area contributed by atoms with E-state index >= 15 is 0 Å². The summed E-state index contributed by atoms with van der Waals surface area (Å²) in [6.45, 7) is 9.88. The molecule has 0 radical (unpaired) electrons. The molecular weight excluding hydrogens is 214 g/mol. The molecule has 17 heavy (non-hydrogen) atoms. The summed E-state index contributed by atoms with van der Waals surface area (Å²) in [7, 11) is 0. The lowest BCUT2D eigenvalue weighted by molar-refractivity contribution is 0.0465. The van der Waals surface area contributed by atoms with Crippen LogP contribution in [0.5, 0.6) is 0 Å². The maximum Gasteiger partial charge on any atom is 0.0700 e. The highest BCUT2D eigenvalue weighted by Crippen LogP contribution is 1.99. The lowest BCUT2D eigenvalue weighted by Gasteiger charge is -2.05. The Morgan fingerprint density at radius 3 is 2.06 bits per heavy atom. The first kappa shape index (κ1) is 16.9. The van der Waals surface area contributed by atoms with Crippen molar-refractivity contribution in [1.29, 1.82) is 0 Å². The van der Waals surface area contributed by atoms with Crippen LogP contribution < -0.4 is 5.32 Å². The van der Waals surface area contributed by atoms with Crippen LogP contribution in [0.15, 0.2) is 0 Å². The van der Waals surface area contributed by atoms with Gasteiger partial charge in [-0.2, -0.15) is 0 Å². The number of ether oxygens (including phenoxy) is 2. The zero-order valence-corrected chi connectivity index (χ0v) is 11.8. The van der Waals surface area contributed by atoms with Gasteiger partial charge in [-0.05, 0) is 38.8 Å². The van der Waals surface area contributed by atoms with Crippen molar-refractivity contribution in [3.63, 3.8) is 0 Å². The molecule has 0 aliphatic rings. The first-order valence-electron chi connectivity index (χ1n) is 7.28. The lowest BCUT2D eigenvalue weighted by atomic mass is 10.2. The molecule has 0 rings (SSSR count). The number of hydrogen-bond donors (Lipinski definition) is 1. The summed E-state index contributed by atoms with van der Waals surface area (Å²) >= 11 is 0. The summed E-state index contributed by atoms with van der Waals surface area (Å²) in [6, 6.07) is 0. The van der Waals surface area contributed by atoms with Crippen LogP contribution in [0, 0.1) is 0 Å². The van der Waals surface area contributed by atoms with E-state index in [-0.39, 0.29) is 0 Å². The highest BCUT2D eigenvalue weighted by molar-refractivity contribution is 4.48. The van der Waals surface area contributed by atoms with Gasteiger partial charge in [-0.3, -0.25) is 0 Å². The molecule has 0 bridgehead atoms. The van der Waals surface area contributed by atoms with Gasteiger partial charge >= 0.3 is 0 Å².